The second-order valence-corrected chi connectivity index (χ2v) is 7.06. The van der Waals surface area contributed by atoms with Gasteiger partial charge in [0, 0.05) is 6.54 Å². The molecular weight excluding hydrogens is 338 g/mol. The van der Waals surface area contributed by atoms with E-state index in [-0.39, 0.29) is 18.0 Å². The van der Waals surface area contributed by atoms with E-state index in [1.54, 1.807) is 0 Å². The van der Waals surface area contributed by atoms with Crippen LogP contribution in [0.4, 0.5) is 14.5 Å². The van der Waals surface area contributed by atoms with Crippen molar-refractivity contribution >= 4 is 21.6 Å². The third-order valence-electron chi connectivity index (χ3n) is 3.19. The van der Waals surface area contributed by atoms with Gasteiger partial charge in [-0.2, -0.15) is 0 Å². The van der Waals surface area contributed by atoms with Gasteiger partial charge in [-0.3, -0.25) is 9.10 Å². The van der Waals surface area contributed by atoms with E-state index in [0.717, 1.165) is 16.6 Å². The Balaban J connectivity index is 2.06. The highest BCUT2D eigenvalue weighted by atomic mass is 32.2. The second kappa shape index (κ2) is 7.39. The van der Waals surface area contributed by atoms with Gasteiger partial charge in [-0.15, -0.1) is 0 Å². The Morgan fingerprint density at radius 1 is 1.08 bits per heavy atom. The number of carbonyl (C=O) groups excluding carboxylic acids is 1. The van der Waals surface area contributed by atoms with Gasteiger partial charge >= 0.3 is 0 Å². The van der Waals surface area contributed by atoms with Crippen molar-refractivity contribution in [1.29, 1.82) is 0 Å². The van der Waals surface area contributed by atoms with E-state index in [2.05, 4.69) is 5.32 Å². The molecule has 0 aliphatic heterocycles. The third-order valence-corrected chi connectivity index (χ3v) is 4.33. The number of nitrogens with one attached hydrogen (secondary N) is 1. The molecule has 0 spiro atoms. The largest absolute Gasteiger partial charge is 0.350 e. The predicted octanol–water partition coefficient (Wildman–Crippen LogP) is 2.05. The number of rotatable bonds is 6. The van der Waals surface area contributed by atoms with Crippen molar-refractivity contribution in [3.8, 4) is 0 Å². The summed E-state index contributed by atoms with van der Waals surface area (Å²) in [4.78, 5) is 12.0. The number of halogens is 2. The van der Waals surface area contributed by atoms with Crippen LogP contribution in [-0.2, 0) is 21.4 Å². The first-order valence-electron chi connectivity index (χ1n) is 7.00. The van der Waals surface area contributed by atoms with Gasteiger partial charge in [0.05, 0.1) is 11.9 Å². The average molecular weight is 354 g/mol. The highest BCUT2D eigenvalue weighted by Gasteiger charge is 2.21. The number of anilines is 1. The van der Waals surface area contributed by atoms with Gasteiger partial charge in [0.15, 0.2) is 0 Å². The molecule has 0 bridgehead atoms. The molecule has 128 valence electrons. The number of hydrogen-bond acceptors (Lipinski definition) is 3. The van der Waals surface area contributed by atoms with Crippen LogP contribution >= 0.6 is 0 Å². The monoisotopic (exact) mass is 354 g/mol. The molecule has 0 fully saturated rings. The fourth-order valence-electron chi connectivity index (χ4n) is 2.02. The summed E-state index contributed by atoms with van der Waals surface area (Å²) in [6, 6.07) is 10.5. The van der Waals surface area contributed by atoms with Crippen LogP contribution in [0.3, 0.4) is 0 Å². The van der Waals surface area contributed by atoms with Gasteiger partial charge < -0.3 is 5.32 Å². The zero-order valence-electron chi connectivity index (χ0n) is 12.9. The lowest BCUT2D eigenvalue weighted by atomic mass is 10.2. The quantitative estimate of drug-likeness (QED) is 0.863. The summed E-state index contributed by atoms with van der Waals surface area (Å²) < 4.78 is 50.7. The summed E-state index contributed by atoms with van der Waals surface area (Å²) in [5.74, 6) is -1.55. The zero-order valence-corrected chi connectivity index (χ0v) is 13.7. The van der Waals surface area contributed by atoms with Gasteiger partial charge in [-0.25, -0.2) is 17.2 Å². The molecular formula is C16H16F2N2O3S. The summed E-state index contributed by atoms with van der Waals surface area (Å²) in [6.45, 7) is -0.358. The fourth-order valence-corrected chi connectivity index (χ4v) is 2.87. The summed E-state index contributed by atoms with van der Waals surface area (Å²) >= 11 is 0. The molecule has 0 radical (unpaired) electrons. The van der Waals surface area contributed by atoms with Gasteiger partial charge in [0.1, 0.15) is 18.2 Å². The maximum absolute atomic E-state index is 13.3. The minimum Gasteiger partial charge on any atom is -0.350 e. The molecule has 0 atom stereocenters. The van der Waals surface area contributed by atoms with Crippen molar-refractivity contribution < 1.29 is 22.0 Å². The van der Waals surface area contributed by atoms with E-state index in [9.17, 15) is 22.0 Å². The maximum Gasteiger partial charge on any atom is 0.241 e. The van der Waals surface area contributed by atoms with Gasteiger partial charge in [0.2, 0.25) is 15.9 Å². The zero-order chi connectivity index (χ0) is 17.7. The molecule has 0 heterocycles. The molecule has 0 saturated heterocycles. The Kier molecular flexibility index (Phi) is 5.50. The summed E-state index contributed by atoms with van der Waals surface area (Å²) in [6.07, 6.45) is 0.936. The molecule has 0 aliphatic rings. The smallest absolute Gasteiger partial charge is 0.241 e. The number of benzene rings is 2. The van der Waals surface area contributed by atoms with Crippen LogP contribution in [0.25, 0.3) is 0 Å². The summed E-state index contributed by atoms with van der Waals surface area (Å²) in [7, 11) is -3.76. The molecule has 0 aliphatic carbocycles. The van der Waals surface area contributed by atoms with E-state index in [1.165, 1.54) is 42.5 Å². The minimum atomic E-state index is -3.76. The van der Waals surface area contributed by atoms with Crippen LogP contribution in [0.2, 0.25) is 0 Å². The Morgan fingerprint density at radius 2 is 1.75 bits per heavy atom. The van der Waals surface area contributed by atoms with Crippen molar-refractivity contribution in [2.75, 3.05) is 17.1 Å². The van der Waals surface area contributed by atoms with Gasteiger partial charge in [-0.1, -0.05) is 18.2 Å². The van der Waals surface area contributed by atoms with E-state index in [0.29, 0.717) is 5.56 Å². The molecule has 2 aromatic rings. The average Bonchev–Trinajstić information content (AvgIpc) is 2.51. The SMILES string of the molecule is CS(=O)(=O)N(CC(=O)NCc1ccc(F)cc1)c1cccc(F)c1. The first-order valence-corrected chi connectivity index (χ1v) is 8.85. The van der Waals surface area contributed by atoms with E-state index >= 15 is 0 Å². The van der Waals surface area contributed by atoms with Crippen LogP contribution in [0, 0.1) is 11.6 Å². The van der Waals surface area contributed by atoms with Gasteiger partial charge in [0.25, 0.3) is 0 Å². The molecule has 0 saturated carbocycles. The number of hydrogen-bond donors (Lipinski definition) is 1. The topological polar surface area (TPSA) is 66.5 Å². The highest BCUT2D eigenvalue weighted by molar-refractivity contribution is 7.92. The van der Waals surface area contributed by atoms with Crippen molar-refractivity contribution in [3.63, 3.8) is 0 Å². The third kappa shape index (κ3) is 5.02. The summed E-state index contributed by atoms with van der Waals surface area (Å²) in [5, 5.41) is 2.54. The number of amides is 1. The Morgan fingerprint density at radius 3 is 2.33 bits per heavy atom. The van der Waals surface area contributed by atoms with Crippen LogP contribution in [0.15, 0.2) is 48.5 Å². The molecule has 2 aromatic carbocycles. The van der Waals surface area contributed by atoms with Crippen LogP contribution in [0.5, 0.6) is 0 Å². The van der Waals surface area contributed by atoms with Gasteiger partial charge in [-0.05, 0) is 35.9 Å². The lowest BCUT2D eigenvalue weighted by molar-refractivity contribution is -0.119. The Labute approximate surface area is 139 Å². The van der Waals surface area contributed by atoms with E-state index < -0.39 is 28.3 Å². The predicted molar refractivity (Wildman–Crippen MR) is 86.8 cm³/mol. The lowest BCUT2D eigenvalue weighted by Gasteiger charge is -2.21. The molecule has 2 rings (SSSR count). The normalized spacial score (nSPS) is 11.1. The van der Waals surface area contributed by atoms with Crippen molar-refractivity contribution in [1.82, 2.24) is 5.32 Å². The number of sulfonamides is 1. The van der Waals surface area contributed by atoms with E-state index in [4.69, 9.17) is 0 Å². The molecule has 24 heavy (non-hydrogen) atoms. The second-order valence-electron chi connectivity index (χ2n) is 5.15. The molecule has 1 N–H and O–H groups in total. The van der Waals surface area contributed by atoms with E-state index in [1.807, 2.05) is 0 Å². The molecule has 8 heteroatoms. The fraction of sp³-hybridized carbons (Fsp3) is 0.188. The van der Waals surface area contributed by atoms with Crippen LogP contribution in [-0.4, -0.2) is 27.1 Å². The standard InChI is InChI=1S/C16H16F2N2O3S/c1-24(22,23)20(15-4-2-3-14(18)9-15)11-16(21)19-10-12-5-7-13(17)8-6-12/h2-9H,10-11H2,1H3,(H,19,21). The minimum absolute atomic E-state index is 0.0643. The van der Waals surface area contributed by atoms with Crippen LogP contribution in [0.1, 0.15) is 5.56 Å². The number of nitrogens with zero attached hydrogens (tertiary/aromatic N) is 1. The Hall–Kier alpha value is -2.48. The first kappa shape index (κ1) is 17.9. The first-order chi connectivity index (χ1) is 11.3. The van der Waals surface area contributed by atoms with Crippen molar-refractivity contribution in [3.05, 3.63) is 65.7 Å². The maximum atomic E-state index is 13.3. The Bertz CT molecular complexity index is 823. The lowest BCUT2D eigenvalue weighted by Crippen LogP contribution is -2.40. The molecule has 5 nitrogen and oxygen atoms in total. The highest BCUT2D eigenvalue weighted by Crippen LogP contribution is 2.18. The number of carbonyl (C=O) groups is 1. The van der Waals surface area contributed by atoms with Crippen molar-refractivity contribution in [2.45, 2.75) is 6.54 Å². The van der Waals surface area contributed by atoms with Crippen LogP contribution < -0.4 is 9.62 Å². The van der Waals surface area contributed by atoms with Crippen molar-refractivity contribution in [2.24, 2.45) is 0 Å². The molecule has 0 aromatic heterocycles. The molecule has 1 amide bonds. The summed E-state index contributed by atoms with van der Waals surface area (Å²) in [5.41, 5.74) is 0.732. The molecule has 0 unspecified atom stereocenters.